The maximum absolute atomic E-state index is 12.7. The Bertz CT molecular complexity index is 1250. The number of amides is 2. The lowest BCUT2D eigenvalue weighted by Gasteiger charge is -2.19. The van der Waals surface area contributed by atoms with E-state index >= 15 is 0 Å². The summed E-state index contributed by atoms with van der Waals surface area (Å²) in [7, 11) is 0. The predicted molar refractivity (Wildman–Crippen MR) is 129 cm³/mol. The van der Waals surface area contributed by atoms with Crippen LogP contribution in [0.4, 0.5) is 5.69 Å². The fourth-order valence-electron chi connectivity index (χ4n) is 3.53. The fourth-order valence-corrected chi connectivity index (χ4v) is 3.53. The standard InChI is InChI=1S/C27H27N3O2/c1-27(2,3)21-11-9-19(10-12-21)25(31)29-22-13-14-23-20(15-22)16-24(30-23)26(32)28-17-18-7-5-4-6-8-18/h4-16,30H,17H2,1-3H3,(H,28,32)(H,29,31). The molecule has 3 aromatic carbocycles. The van der Waals surface area contributed by atoms with Crippen molar-refractivity contribution in [3.63, 3.8) is 0 Å². The van der Waals surface area contributed by atoms with Gasteiger partial charge in [0.15, 0.2) is 0 Å². The molecule has 0 spiro atoms. The Morgan fingerprint density at radius 3 is 2.25 bits per heavy atom. The third kappa shape index (κ3) is 4.89. The summed E-state index contributed by atoms with van der Waals surface area (Å²) >= 11 is 0. The second kappa shape index (κ2) is 8.71. The van der Waals surface area contributed by atoms with Gasteiger partial charge in [-0.2, -0.15) is 0 Å². The summed E-state index contributed by atoms with van der Waals surface area (Å²) in [5.74, 6) is -0.337. The molecule has 3 N–H and O–H groups in total. The Hall–Kier alpha value is -3.86. The highest BCUT2D eigenvalue weighted by Gasteiger charge is 2.15. The van der Waals surface area contributed by atoms with Gasteiger partial charge >= 0.3 is 0 Å². The zero-order chi connectivity index (χ0) is 22.7. The van der Waals surface area contributed by atoms with Gasteiger partial charge in [0.2, 0.25) is 0 Å². The first-order valence-corrected chi connectivity index (χ1v) is 10.7. The Labute approximate surface area is 187 Å². The number of hydrogen-bond donors (Lipinski definition) is 3. The van der Waals surface area contributed by atoms with Crippen LogP contribution in [0, 0.1) is 0 Å². The van der Waals surface area contributed by atoms with Crippen LogP contribution in [-0.4, -0.2) is 16.8 Å². The van der Waals surface area contributed by atoms with Crippen molar-refractivity contribution in [1.29, 1.82) is 0 Å². The Kier molecular flexibility index (Phi) is 5.82. The van der Waals surface area contributed by atoms with Crippen LogP contribution >= 0.6 is 0 Å². The molecule has 4 aromatic rings. The molecule has 1 aromatic heterocycles. The van der Waals surface area contributed by atoms with E-state index in [-0.39, 0.29) is 17.2 Å². The number of carbonyl (C=O) groups excluding carboxylic acids is 2. The lowest BCUT2D eigenvalue weighted by atomic mass is 9.87. The highest BCUT2D eigenvalue weighted by molar-refractivity contribution is 6.05. The van der Waals surface area contributed by atoms with Crippen molar-refractivity contribution < 1.29 is 9.59 Å². The molecule has 0 aliphatic carbocycles. The van der Waals surface area contributed by atoms with E-state index in [1.807, 2.05) is 72.8 Å². The number of H-pyrrole nitrogens is 1. The first kappa shape index (κ1) is 21.4. The highest BCUT2D eigenvalue weighted by atomic mass is 16.2. The molecular formula is C27H27N3O2. The Balaban J connectivity index is 1.44. The number of anilines is 1. The van der Waals surface area contributed by atoms with E-state index in [9.17, 15) is 9.59 Å². The van der Waals surface area contributed by atoms with Crippen LogP contribution in [0.5, 0.6) is 0 Å². The SMILES string of the molecule is CC(C)(C)c1ccc(C(=O)Nc2ccc3[nH]c(C(=O)NCc4ccccc4)cc3c2)cc1. The van der Waals surface area contributed by atoms with Gasteiger partial charge in [0, 0.05) is 28.7 Å². The monoisotopic (exact) mass is 425 g/mol. The van der Waals surface area contributed by atoms with Crippen molar-refractivity contribution in [3.05, 3.63) is 101 Å². The number of aromatic nitrogens is 1. The lowest BCUT2D eigenvalue weighted by molar-refractivity contribution is 0.0946. The molecule has 4 rings (SSSR count). The molecule has 0 unspecified atom stereocenters. The van der Waals surface area contributed by atoms with Crippen molar-refractivity contribution in [2.75, 3.05) is 5.32 Å². The van der Waals surface area contributed by atoms with Gasteiger partial charge in [-0.1, -0.05) is 63.2 Å². The normalized spacial score (nSPS) is 11.3. The van der Waals surface area contributed by atoms with E-state index < -0.39 is 0 Å². The zero-order valence-electron chi connectivity index (χ0n) is 18.5. The average Bonchev–Trinajstić information content (AvgIpc) is 3.21. The smallest absolute Gasteiger partial charge is 0.267 e. The first-order valence-electron chi connectivity index (χ1n) is 10.7. The third-order valence-electron chi connectivity index (χ3n) is 5.43. The molecule has 32 heavy (non-hydrogen) atoms. The van der Waals surface area contributed by atoms with Crippen LogP contribution in [0.3, 0.4) is 0 Å². The number of hydrogen-bond acceptors (Lipinski definition) is 2. The highest BCUT2D eigenvalue weighted by Crippen LogP contribution is 2.23. The third-order valence-corrected chi connectivity index (χ3v) is 5.43. The molecule has 0 saturated carbocycles. The summed E-state index contributed by atoms with van der Waals surface area (Å²) in [5.41, 5.74) is 4.86. The number of benzene rings is 3. The van der Waals surface area contributed by atoms with Gasteiger partial charge in [-0.05, 0) is 52.9 Å². The van der Waals surface area contributed by atoms with Crippen LogP contribution in [0.2, 0.25) is 0 Å². The average molecular weight is 426 g/mol. The molecule has 0 radical (unpaired) electrons. The molecule has 162 valence electrons. The number of rotatable bonds is 5. The van der Waals surface area contributed by atoms with Gasteiger partial charge in [0.05, 0.1) is 0 Å². The topological polar surface area (TPSA) is 74.0 Å². The van der Waals surface area contributed by atoms with Crippen molar-refractivity contribution in [2.45, 2.75) is 32.7 Å². The maximum atomic E-state index is 12.7. The maximum Gasteiger partial charge on any atom is 0.267 e. The van der Waals surface area contributed by atoms with Crippen LogP contribution in [-0.2, 0) is 12.0 Å². The molecule has 2 amide bonds. The van der Waals surface area contributed by atoms with E-state index in [1.165, 1.54) is 5.56 Å². The van der Waals surface area contributed by atoms with Gasteiger partial charge in [-0.3, -0.25) is 9.59 Å². The second-order valence-electron chi connectivity index (χ2n) is 8.93. The summed E-state index contributed by atoms with van der Waals surface area (Å²) in [6.45, 7) is 6.89. The van der Waals surface area contributed by atoms with E-state index in [4.69, 9.17) is 0 Å². The van der Waals surface area contributed by atoms with Crippen molar-refractivity contribution in [1.82, 2.24) is 10.3 Å². The summed E-state index contributed by atoms with van der Waals surface area (Å²) < 4.78 is 0. The lowest BCUT2D eigenvalue weighted by Crippen LogP contribution is -2.22. The predicted octanol–water partition coefficient (Wildman–Crippen LogP) is 5.65. The summed E-state index contributed by atoms with van der Waals surface area (Å²) in [6, 6.07) is 24.8. The zero-order valence-corrected chi connectivity index (χ0v) is 18.5. The van der Waals surface area contributed by atoms with Gasteiger partial charge in [0.25, 0.3) is 11.8 Å². The largest absolute Gasteiger partial charge is 0.351 e. The second-order valence-corrected chi connectivity index (χ2v) is 8.93. The van der Waals surface area contributed by atoms with E-state index in [0.29, 0.717) is 23.5 Å². The van der Waals surface area contributed by atoms with Crippen LogP contribution < -0.4 is 10.6 Å². The molecule has 0 aliphatic heterocycles. The van der Waals surface area contributed by atoms with E-state index in [1.54, 1.807) is 6.07 Å². The minimum atomic E-state index is -0.172. The molecular weight excluding hydrogens is 398 g/mol. The van der Waals surface area contributed by atoms with Gasteiger partial charge in [-0.25, -0.2) is 0 Å². The van der Waals surface area contributed by atoms with Gasteiger partial charge in [0.1, 0.15) is 5.69 Å². The summed E-state index contributed by atoms with van der Waals surface area (Å²) in [4.78, 5) is 28.3. The quantitative estimate of drug-likeness (QED) is 0.387. The Morgan fingerprint density at radius 1 is 0.844 bits per heavy atom. The molecule has 1 heterocycles. The van der Waals surface area contributed by atoms with Crippen LogP contribution in [0.1, 0.15) is 52.7 Å². The van der Waals surface area contributed by atoms with Crippen molar-refractivity contribution in [3.8, 4) is 0 Å². The van der Waals surface area contributed by atoms with Gasteiger partial charge in [-0.15, -0.1) is 0 Å². The molecule has 0 saturated heterocycles. The van der Waals surface area contributed by atoms with Crippen molar-refractivity contribution >= 4 is 28.4 Å². The number of fused-ring (bicyclic) bond motifs is 1. The summed E-state index contributed by atoms with van der Waals surface area (Å²) in [5, 5.41) is 6.72. The molecule has 0 bridgehead atoms. The van der Waals surface area contributed by atoms with Crippen molar-refractivity contribution in [2.24, 2.45) is 0 Å². The minimum Gasteiger partial charge on any atom is -0.351 e. The number of aromatic amines is 1. The first-order chi connectivity index (χ1) is 15.3. The molecule has 0 atom stereocenters. The fraction of sp³-hybridized carbons (Fsp3) is 0.185. The van der Waals surface area contributed by atoms with Crippen LogP contribution in [0.15, 0.2) is 78.9 Å². The molecule has 0 aliphatic rings. The molecule has 0 fully saturated rings. The van der Waals surface area contributed by atoms with Crippen LogP contribution in [0.25, 0.3) is 10.9 Å². The Morgan fingerprint density at radius 2 is 1.56 bits per heavy atom. The van der Waals surface area contributed by atoms with E-state index in [2.05, 4.69) is 36.4 Å². The number of nitrogens with one attached hydrogen (secondary N) is 3. The number of carbonyl (C=O) groups is 2. The van der Waals surface area contributed by atoms with Gasteiger partial charge < -0.3 is 15.6 Å². The molecule has 5 heteroatoms. The summed E-state index contributed by atoms with van der Waals surface area (Å²) in [6.07, 6.45) is 0. The van der Waals surface area contributed by atoms with E-state index in [0.717, 1.165) is 16.5 Å². The minimum absolute atomic E-state index is 0.0411. The molecule has 5 nitrogen and oxygen atoms in total.